The van der Waals surface area contributed by atoms with Gasteiger partial charge in [0.2, 0.25) is 0 Å². The highest BCUT2D eigenvalue weighted by molar-refractivity contribution is 5.40. The van der Waals surface area contributed by atoms with Gasteiger partial charge in [0.15, 0.2) is 0 Å². The first kappa shape index (κ1) is 14.7. The number of hydrogen-bond acceptors (Lipinski definition) is 2. The Labute approximate surface area is 119 Å². The molecule has 1 unspecified atom stereocenters. The lowest BCUT2D eigenvalue weighted by Crippen LogP contribution is -2.30. The van der Waals surface area contributed by atoms with E-state index in [4.69, 9.17) is 5.84 Å². The van der Waals surface area contributed by atoms with Crippen molar-refractivity contribution in [2.24, 2.45) is 5.84 Å². The van der Waals surface area contributed by atoms with Crippen LogP contribution in [0.2, 0.25) is 0 Å². The normalized spacial score (nSPS) is 12.4. The summed E-state index contributed by atoms with van der Waals surface area (Å²) in [5.41, 5.74) is 7.39. The average Bonchev–Trinajstić information content (AvgIpc) is 2.43. The predicted octanol–water partition coefficient (Wildman–Crippen LogP) is 3.56. The number of nitrogens with one attached hydrogen (secondary N) is 1. The van der Waals surface area contributed by atoms with Gasteiger partial charge in [-0.25, -0.2) is 9.82 Å². The van der Waals surface area contributed by atoms with Crippen LogP contribution in [0.5, 0.6) is 0 Å². The molecule has 0 radical (unpaired) electrons. The lowest BCUT2D eigenvalue weighted by atomic mass is 9.93. The average molecular weight is 272 g/mol. The van der Waals surface area contributed by atoms with Crippen molar-refractivity contribution in [2.75, 3.05) is 0 Å². The SMILES string of the molecule is CCc1ccc(C(NN)c2c(C)cc(C)cc2F)cc1. The maximum Gasteiger partial charge on any atom is 0.128 e. The molecule has 106 valence electrons. The van der Waals surface area contributed by atoms with Crippen LogP contribution in [0.25, 0.3) is 0 Å². The van der Waals surface area contributed by atoms with Crippen molar-refractivity contribution >= 4 is 0 Å². The Morgan fingerprint density at radius 3 is 2.30 bits per heavy atom. The molecule has 2 rings (SSSR count). The monoisotopic (exact) mass is 272 g/mol. The summed E-state index contributed by atoms with van der Waals surface area (Å²) in [6.45, 7) is 5.91. The van der Waals surface area contributed by atoms with Crippen molar-refractivity contribution in [3.8, 4) is 0 Å². The van der Waals surface area contributed by atoms with Crippen LogP contribution < -0.4 is 11.3 Å². The van der Waals surface area contributed by atoms with Crippen LogP contribution in [0.3, 0.4) is 0 Å². The van der Waals surface area contributed by atoms with Gasteiger partial charge in [0.25, 0.3) is 0 Å². The first-order valence-corrected chi connectivity index (χ1v) is 6.88. The highest BCUT2D eigenvalue weighted by Gasteiger charge is 2.19. The molecule has 2 nitrogen and oxygen atoms in total. The fourth-order valence-electron chi connectivity index (χ4n) is 2.58. The maximum absolute atomic E-state index is 14.3. The van der Waals surface area contributed by atoms with Gasteiger partial charge in [-0.2, -0.15) is 0 Å². The molecule has 2 aromatic rings. The van der Waals surface area contributed by atoms with Gasteiger partial charge in [-0.1, -0.05) is 37.3 Å². The molecule has 0 amide bonds. The van der Waals surface area contributed by atoms with Gasteiger partial charge in [0.1, 0.15) is 5.82 Å². The largest absolute Gasteiger partial charge is 0.271 e. The molecule has 0 bridgehead atoms. The van der Waals surface area contributed by atoms with Crippen LogP contribution >= 0.6 is 0 Å². The van der Waals surface area contributed by atoms with Gasteiger partial charge in [0, 0.05) is 5.56 Å². The Morgan fingerprint density at radius 2 is 1.80 bits per heavy atom. The lowest BCUT2D eigenvalue weighted by Gasteiger charge is -2.20. The van der Waals surface area contributed by atoms with Crippen molar-refractivity contribution in [1.82, 2.24) is 5.43 Å². The Morgan fingerprint density at radius 1 is 1.15 bits per heavy atom. The summed E-state index contributed by atoms with van der Waals surface area (Å²) in [6, 6.07) is 11.3. The Hall–Kier alpha value is -1.71. The first-order chi connectivity index (χ1) is 9.56. The van der Waals surface area contributed by atoms with Gasteiger partial charge in [-0.15, -0.1) is 0 Å². The molecule has 0 aliphatic rings. The molecule has 0 saturated heterocycles. The third-order valence-corrected chi connectivity index (χ3v) is 3.66. The minimum absolute atomic E-state index is 0.218. The van der Waals surface area contributed by atoms with E-state index in [1.807, 2.05) is 32.0 Å². The molecule has 3 heteroatoms. The van der Waals surface area contributed by atoms with Gasteiger partial charge >= 0.3 is 0 Å². The third-order valence-electron chi connectivity index (χ3n) is 3.66. The van der Waals surface area contributed by atoms with Crippen molar-refractivity contribution in [1.29, 1.82) is 0 Å². The van der Waals surface area contributed by atoms with Crippen LogP contribution in [0.15, 0.2) is 36.4 Å². The van der Waals surface area contributed by atoms with E-state index in [-0.39, 0.29) is 11.9 Å². The molecule has 0 spiro atoms. The second-order valence-corrected chi connectivity index (χ2v) is 5.17. The standard InChI is InChI=1S/C17H21FN2/c1-4-13-5-7-14(8-6-13)17(20-19)16-12(3)9-11(2)10-15(16)18/h5-10,17,20H,4,19H2,1-3H3. The predicted molar refractivity (Wildman–Crippen MR) is 80.9 cm³/mol. The van der Waals surface area contributed by atoms with E-state index in [0.29, 0.717) is 5.56 Å². The van der Waals surface area contributed by atoms with E-state index in [2.05, 4.69) is 24.5 Å². The minimum atomic E-state index is -0.332. The number of hydrogen-bond donors (Lipinski definition) is 2. The molecule has 20 heavy (non-hydrogen) atoms. The summed E-state index contributed by atoms with van der Waals surface area (Å²) in [6.07, 6.45) is 0.985. The number of rotatable bonds is 4. The van der Waals surface area contributed by atoms with Crippen LogP contribution in [-0.4, -0.2) is 0 Å². The number of nitrogens with two attached hydrogens (primary N) is 1. The van der Waals surface area contributed by atoms with Crippen LogP contribution in [0.4, 0.5) is 4.39 Å². The van der Waals surface area contributed by atoms with Crippen molar-refractivity contribution in [3.05, 3.63) is 70.0 Å². The third kappa shape index (κ3) is 2.89. The minimum Gasteiger partial charge on any atom is -0.271 e. The quantitative estimate of drug-likeness (QED) is 0.659. The summed E-state index contributed by atoms with van der Waals surface area (Å²) in [5.74, 6) is 5.45. The summed E-state index contributed by atoms with van der Waals surface area (Å²) in [7, 11) is 0. The fraction of sp³-hybridized carbons (Fsp3) is 0.294. The molecule has 0 saturated carbocycles. The molecule has 3 N–H and O–H groups in total. The number of aryl methyl sites for hydroxylation is 3. The van der Waals surface area contributed by atoms with Gasteiger partial charge in [-0.05, 0) is 48.6 Å². The maximum atomic E-state index is 14.3. The van der Waals surface area contributed by atoms with E-state index in [1.165, 1.54) is 5.56 Å². The van der Waals surface area contributed by atoms with Crippen LogP contribution in [-0.2, 0) is 6.42 Å². The highest BCUT2D eigenvalue weighted by atomic mass is 19.1. The molecule has 1 atom stereocenters. The number of halogens is 1. The zero-order chi connectivity index (χ0) is 14.7. The smallest absolute Gasteiger partial charge is 0.128 e. The van der Waals surface area contributed by atoms with E-state index in [0.717, 1.165) is 23.1 Å². The molecule has 0 aliphatic heterocycles. The van der Waals surface area contributed by atoms with E-state index >= 15 is 0 Å². The fourth-order valence-corrected chi connectivity index (χ4v) is 2.58. The van der Waals surface area contributed by atoms with Crippen molar-refractivity contribution < 1.29 is 4.39 Å². The molecule has 0 aliphatic carbocycles. The van der Waals surface area contributed by atoms with E-state index in [9.17, 15) is 4.39 Å². The Bertz CT molecular complexity index is 567. The molecule has 0 heterocycles. The summed E-state index contributed by atoms with van der Waals surface area (Å²) in [4.78, 5) is 0. The lowest BCUT2D eigenvalue weighted by molar-refractivity contribution is 0.556. The summed E-state index contributed by atoms with van der Waals surface area (Å²) >= 11 is 0. The summed E-state index contributed by atoms with van der Waals surface area (Å²) < 4.78 is 14.3. The van der Waals surface area contributed by atoms with E-state index in [1.54, 1.807) is 6.07 Å². The molecule has 0 fully saturated rings. The van der Waals surface area contributed by atoms with Crippen LogP contribution in [0, 0.1) is 19.7 Å². The molecular formula is C17H21FN2. The zero-order valence-electron chi connectivity index (χ0n) is 12.2. The Kier molecular flexibility index (Phi) is 4.53. The zero-order valence-corrected chi connectivity index (χ0v) is 12.2. The van der Waals surface area contributed by atoms with E-state index < -0.39 is 0 Å². The topological polar surface area (TPSA) is 38.0 Å². The molecule has 0 aromatic heterocycles. The highest BCUT2D eigenvalue weighted by Crippen LogP contribution is 2.28. The number of hydrazine groups is 1. The second kappa shape index (κ2) is 6.16. The second-order valence-electron chi connectivity index (χ2n) is 5.17. The van der Waals surface area contributed by atoms with Crippen molar-refractivity contribution in [2.45, 2.75) is 33.2 Å². The van der Waals surface area contributed by atoms with Gasteiger partial charge in [0.05, 0.1) is 6.04 Å². The molecule has 2 aromatic carbocycles. The van der Waals surface area contributed by atoms with Crippen molar-refractivity contribution in [3.63, 3.8) is 0 Å². The molecular weight excluding hydrogens is 251 g/mol. The van der Waals surface area contributed by atoms with Gasteiger partial charge in [-0.3, -0.25) is 5.84 Å². The van der Waals surface area contributed by atoms with Crippen LogP contribution in [0.1, 0.15) is 40.8 Å². The summed E-state index contributed by atoms with van der Waals surface area (Å²) in [5, 5.41) is 0. The van der Waals surface area contributed by atoms with Gasteiger partial charge < -0.3 is 0 Å². The number of benzene rings is 2. The Balaban J connectivity index is 2.46. The first-order valence-electron chi connectivity index (χ1n) is 6.88.